The SMILES string of the molecule is O=C(N[C@@H]1CCCC[C@H]1NC(=O)C1CCN(C(=O)COc2ccccc2)CC1)c1ccccc1. The zero-order valence-corrected chi connectivity index (χ0v) is 19.4. The van der Waals surface area contributed by atoms with Crippen LogP contribution in [0.5, 0.6) is 5.75 Å². The van der Waals surface area contributed by atoms with Crippen molar-refractivity contribution >= 4 is 17.7 Å². The van der Waals surface area contributed by atoms with Gasteiger partial charge in [-0.05, 0) is 49.9 Å². The Balaban J connectivity index is 1.23. The number of ether oxygens (including phenoxy) is 1. The summed E-state index contributed by atoms with van der Waals surface area (Å²) in [5.41, 5.74) is 0.631. The first-order valence-electron chi connectivity index (χ1n) is 12.2. The Labute approximate surface area is 200 Å². The van der Waals surface area contributed by atoms with E-state index in [0.717, 1.165) is 25.7 Å². The van der Waals surface area contributed by atoms with Gasteiger partial charge in [0.1, 0.15) is 5.75 Å². The minimum Gasteiger partial charge on any atom is -0.484 e. The van der Waals surface area contributed by atoms with Crippen LogP contribution in [0.1, 0.15) is 48.9 Å². The molecular formula is C27H33N3O4. The lowest BCUT2D eigenvalue weighted by atomic mass is 9.88. The van der Waals surface area contributed by atoms with Crippen LogP contribution < -0.4 is 15.4 Å². The van der Waals surface area contributed by atoms with Gasteiger partial charge in [0.25, 0.3) is 11.8 Å². The molecule has 0 spiro atoms. The molecule has 3 amide bonds. The molecule has 2 aliphatic rings. The molecule has 2 aromatic carbocycles. The van der Waals surface area contributed by atoms with Gasteiger partial charge in [0, 0.05) is 36.7 Å². The van der Waals surface area contributed by atoms with E-state index in [2.05, 4.69) is 10.6 Å². The predicted molar refractivity (Wildman–Crippen MR) is 129 cm³/mol. The van der Waals surface area contributed by atoms with Crippen LogP contribution in [0.25, 0.3) is 0 Å². The average Bonchev–Trinajstić information content (AvgIpc) is 2.89. The number of nitrogens with zero attached hydrogens (tertiary/aromatic N) is 1. The van der Waals surface area contributed by atoms with Gasteiger partial charge in [0.05, 0.1) is 0 Å². The van der Waals surface area contributed by atoms with E-state index in [-0.39, 0.29) is 42.3 Å². The summed E-state index contributed by atoms with van der Waals surface area (Å²) in [7, 11) is 0. The topological polar surface area (TPSA) is 87.7 Å². The first-order chi connectivity index (χ1) is 16.6. The normalized spacial score (nSPS) is 20.9. The zero-order valence-electron chi connectivity index (χ0n) is 19.4. The van der Waals surface area contributed by atoms with Crippen LogP contribution in [0.4, 0.5) is 0 Å². The molecule has 0 aromatic heterocycles. The molecule has 34 heavy (non-hydrogen) atoms. The molecule has 1 aliphatic heterocycles. The summed E-state index contributed by atoms with van der Waals surface area (Å²) in [5.74, 6) is 0.423. The van der Waals surface area contributed by atoms with Crippen LogP contribution in [0.3, 0.4) is 0 Å². The van der Waals surface area contributed by atoms with E-state index in [1.807, 2.05) is 48.5 Å². The molecule has 2 atom stereocenters. The third-order valence-corrected chi connectivity index (χ3v) is 6.77. The maximum Gasteiger partial charge on any atom is 0.260 e. The fourth-order valence-electron chi connectivity index (χ4n) is 4.76. The second-order valence-corrected chi connectivity index (χ2v) is 9.10. The van der Waals surface area contributed by atoms with Gasteiger partial charge in [-0.3, -0.25) is 14.4 Å². The van der Waals surface area contributed by atoms with Crippen molar-refractivity contribution in [2.75, 3.05) is 19.7 Å². The van der Waals surface area contributed by atoms with Crippen molar-refractivity contribution in [2.24, 2.45) is 5.92 Å². The second-order valence-electron chi connectivity index (χ2n) is 9.10. The number of likely N-dealkylation sites (tertiary alicyclic amines) is 1. The Hall–Kier alpha value is -3.35. The van der Waals surface area contributed by atoms with Gasteiger partial charge in [0.2, 0.25) is 5.91 Å². The van der Waals surface area contributed by atoms with Gasteiger partial charge in [-0.1, -0.05) is 49.2 Å². The van der Waals surface area contributed by atoms with E-state index in [9.17, 15) is 14.4 Å². The van der Waals surface area contributed by atoms with Gasteiger partial charge in [-0.25, -0.2) is 0 Å². The molecule has 1 saturated heterocycles. The molecule has 7 nitrogen and oxygen atoms in total. The highest BCUT2D eigenvalue weighted by molar-refractivity contribution is 5.94. The van der Waals surface area contributed by atoms with Crippen LogP contribution in [0.15, 0.2) is 60.7 Å². The maximum atomic E-state index is 13.0. The number of carbonyl (C=O) groups is 3. The number of carbonyl (C=O) groups excluding carboxylic acids is 3. The number of nitrogens with one attached hydrogen (secondary N) is 2. The fourth-order valence-corrected chi connectivity index (χ4v) is 4.76. The Morgan fingerprint density at radius 1 is 0.794 bits per heavy atom. The maximum absolute atomic E-state index is 13.0. The lowest BCUT2D eigenvalue weighted by Crippen LogP contribution is -2.55. The number of hydrogen-bond donors (Lipinski definition) is 2. The number of para-hydroxylation sites is 1. The highest BCUT2D eigenvalue weighted by atomic mass is 16.5. The highest BCUT2D eigenvalue weighted by Crippen LogP contribution is 2.22. The molecule has 2 N–H and O–H groups in total. The second kappa shape index (κ2) is 11.7. The van der Waals surface area contributed by atoms with Gasteiger partial charge in [-0.2, -0.15) is 0 Å². The Bertz CT molecular complexity index is 958. The van der Waals surface area contributed by atoms with Crippen molar-refractivity contribution in [3.63, 3.8) is 0 Å². The molecule has 2 fully saturated rings. The molecule has 1 aliphatic carbocycles. The third-order valence-electron chi connectivity index (χ3n) is 6.77. The standard InChI is InChI=1S/C27H33N3O4/c31-25(19-34-22-11-5-2-6-12-22)30-17-15-21(16-18-30)27(33)29-24-14-8-7-13-23(24)28-26(32)20-9-3-1-4-10-20/h1-6,9-12,21,23-24H,7-8,13-19H2,(H,28,32)(H,29,33)/t23-,24-/m1/s1. The van der Waals surface area contributed by atoms with Crippen molar-refractivity contribution < 1.29 is 19.1 Å². The summed E-state index contributed by atoms with van der Waals surface area (Å²) in [4.78, 5) is 39.9. The monoisotopic (exact) mass is 463 g/mol. The number of hydrogen-bond acceptors (Lipinski definition) is 4. The van der Waals surface area contributed by atoms with Crippen molar-refractivity contribution in [3.8, 4) is 5.75 Å². The largest absolute Gasteiger partial charge is 0.484 e. The fraction of sp³-hybridized carbons (Fsp3) is 0.444. The Morgan fingerprint density at radius 2 is 1.38 bits per heavy atom. The number of rotatable bonds is 7. The molecule has 0 bridgehead atoms. The van der Waals surface area contributed by atoms with E-state index in [0.29, 0.717) is 37.2 Å². The summed E-state index contributed by atoms with van der Waals surface area (Å²) < 4.78 is 5.57. The van der Waals surface area contributed by atoms with Gasteiger partial charge >= 0.3 is 0 Å². The lowest BCUT2D eigenvalue weighted by Gasteiger charge is -2.36. The molecule has 1 heterocycles. The van der Waals surface area contributed by atoms with E-state index in [1.54, 1.807) is 17.0 Å². The lowest BCUT2D eigenvalue weighted by molar-refractivity contribution is -0.137. The summed E-state index contributed by atoms with van der Waals surface area (Å²) in [6.45, 7) is 1.10. The van der Waals surface area contributed by atoms with Crippen molar-refractivity contribution in [2.45, 2.75) is 50.6 Å². The molecule has 0 unspecified atom stereocenters. The summed E-state index contributed by atoms with van der Waals surface area (Å²) in [6.07, 6.45) is 5.07. The minimum absolute atomic E-state index is 0.00570. The minimum atomic E-state index is -0.119. The Morgan fingerprint density at radius 3 is 2.03 bits per heavy atom. The molecule has 4 rings (SSSR count). The van der Waals surface area contributed by atoms with Crippen molar-refractivity contribution in [1.29, 1.82) is 0 Å². The molecule has 1 saturated carbocycles. The van der Waals surface area contributed by atoms with Crippen molar-refractivity contribution in [3.05, 3.63) is 66.2 Å². The van der Waals surface area contributed by atoms with Crippen LogP contribution in [-0.2, 0) is 9.59 Å². The van der Waals surface area contributed by atoms with Gasteiger partial charge in [0.15, 0.2) is 6.61 Å². The first-order valence-corrected chi connectivity index (χ1v) is 12.2. The summed E-state index contributed by atoms with van der Waals surface area (Å²) >= 11 is 0. The Kier molecular flexibility index (Phi) is 8.17. The molecule has 180 valence electrons. The third kappa shape index (κ3) is 6.37. The zero-order chi connectivity index (χ0) is 23.8. The van der Waals surface area contributed by atoms with Gasteiger partial charge < -0.3 is 20.3 Å². The van der Waals surface area contributed by atoms with E-state index in [1.165, 1.54) is 0 Å². The average molecular weight is 464 g/mol. The van der Waals surface area contributed by atoms with E-state index < -0.39 is 0 Å². The van der Waals surface area contributed by atoms with Crippen LogP contribution >= 0.6 is 0 Å². The van der Waals surface area contributed by atoms with Crippen LogP contribution in [0, 0.1) is 5.92 Å². The molecule has 0 radical (unpaired) electrons. The predicted octanol–water partition coefficient (Wildman–Crippen LogP) is 3.16. The van der Waals surface area contributed by atoms with Crippen LogP contribution in [0.2, 0.25) is 0 Å². The van der Waals surface area contributed by atoms with Gasteiger partial charge in [-0.15, -0.1) is 0 Å². The molecule has 7 heteroatoms. The quantitative estimate of drug-likeness (QED) is 0.660. The molecular weight excluding hydrogens is 430 g/mol. The number of benzene rings is 2. The summed E-state index contributed by atoms with van der Waals surface area (Å²) in [5, 5.41) is 6.33. The first kappa shape index (κ1) is 23.8. The highest BCUT2D eigenvalue weighted by Gasteiger charge is 2.32. The summed E-state index contributed by atoms with van der Waals surface area (Å²) in [6, 6.07) is 18.3. The van der Waals surface area contributed by atoms with E-state index in [4.69, 9.17) is 4.74 Å². The van der Waals surface area contributed by atoms with E-state index >= 15 is 0 Å². The van der Waals surface area contributed by atoms with Crippen molar-refractivity contribution in [1.82, 2.24) is 15.5 Å². The smallest absolute Gasteiger partial charge is 0.260 e. The number of amides is 3. The van der Waals surface area contributed by atoms with Crippen LogP contribution in [-0.4, -0.2) is 54.4 Å². The molecule has 2 aromatic rings. The number of piperidine rings is 1.